The van der Waals surface area contributed by atoms with Crippen LogP contribution in [0.2, 0.25) is 10.0 Å². The predicted molar refractivity (Wildman–Crippen MR) is 105 cm³/mol. The van der Waals surface area contributed by atoms with Crippen LogP contribution in [-0.4, -0.2) is 36.1 Å². The second-order valence-corrected chi connectivity index (χ2v) is 7.23. The van der Waals surface area contributed by atoms with Gasteiger partial charge in [0, 0.05) is 10.9 Å². The van der Waals surface area contributed by atoms with Crippen LogP contribution in [0.3, 0.4) is 0 Å². The molecule has 1 atom stereocenters. The van der Waals surface area contributed by atoms with Crippen LogP contribution in [0.15, 0.2) is 40.9 Å². The molecule has 27 heavy (non-hydrogen) atoms. The largest absolute Gasteiger partial charge is 0.478 e. The minimum Gasteiger partial charge on any atom is -0.478 e. The van der Waals surface area contributed by atoms with Gasteiger partial charge < -0.3 is 15.2 Å². The van der Waals surface area contributed by atoms with Crippen LogP contribution in [0.1, 0.15) is 26.3 Å². The van der Waals surface area contributed by atoms with E-state index in [1.165, 1.54) is 7.11 Å². The van der Waals surface area contributed by atoms with Crippen LogP contribution in [0.4, 0.5) is 0 Å². The molecule has 0 fully saturated rings. The van der Waals surface area contributed by atoms with E-state index in [0.29, 0.717) is 0 Å². The first-order chi connectivity index (χ1) is 12.7. The topological polar surface area (TPSA) is 92.7 Å². The lowest BCUT2D eigenvalue weighted by Gasteiger charge is -2.18. The van der Waals surface area contributed by atoms with Crippen molar-refractivity contribution < 1.29 is 24.2 Å². The van der Waals surface area contributed by atoms with Crippen molar-refractivity contribution in [1.82, 2.24) is 5.32 Å². The molecule has 2 aromatic carbocycles. The molecule has 0 heterocycles. The van der Waals surface area contributed by atoms with Crippen molar-refractivity contribution in [1.29, 1.82) is 0 Å². The molecule has 0 aliphatic rings. The smallest absolute Gasteiger partial charge is 0.335 e. The molecule has 0 aliphatic heterocycles. The van der Waals surface area contributed by atoms with E-state index in [0.717, 1.165) is 22.2 Å². The molecule has 0 bridgehead atoms. The summed E-state index contributed by atoms with van der Waals surface area (Å²) in [6.07, 6.45) is 0.189. The van der Waals surface area contributed by atoms with Gasteiger partial charge >= 0.3 is 11.9 Å². The summed E-state index contributed by atoms with van der Waals surface area (Å²) in [7, 11) is 1.21. The van der Waals surface area contributed by atoms with E-state index in [1.807, 2.05) is 12.1 Å². The van der Waals surface area contributed by atoms with Gasteiger partial charge in [0.1, 0.15) is 6.04 Å². The lowest BCUT2D eigenvalue weighted by molar-refractivity contribution is -0.142. The first kappa shape index (κ1) is 21.2. The van der Waals surface area contributed by atoms with Crippen molar-refractivity contribution in [2.24, 2.45) is 0 Å². The second kappa shape index (κ2) is 9.21. The zero-order valence-electron chi connectivity index (χ0n) is 14.0. The first-order valence-electron chi connectivity index (χ1n) is 7.58. The minimum atomic E-state index is -1.23. The number of carboxylic acids is 1. The highest BCUT2D eigenvalue weighted by atomic mass is 79.9. The van der Waals surface area contributed by atoms with Crippen LogP contribution in [0.5, 0.6) is 0 Å². The van der Waals surface area contributed by atoms with Crippen molar-refractivity contribution in [2.45, 2.75) is 12.5 Å². The van der Waals surface area contributed by atoms with Gasteiger partial charge in [-0.25, -0.2) is 9.59 Å². The summed E-state index contributed by atoms with van der Waals surface area (Å²) >= 11 is 15.4. The zero-order valence-corrected chi connectivity index (χ0v) is 17.1. The molecule has 2 N–H and O–H groups in total. The van der Waals surface area contributed by atoms with Gasteiger partial charge in [0.15, 0.2) is 0 Å². The van der Waals surface area contributed by atoms with Crippen molar-refractivity contribution >= 4 is 57.0 Å². The third kappa shape index (κ3) is 5.45. The number of aromatic carboxylic acids is 1. The Kier molecular flexibility index (Phi) is 7.24. The maximum absolute atomic E-state index is 12.6. The number of halogens is 3. The number of amides is 1. The van der Waals surface area contributed by atoms with Gasteiger partial charge in [-0.2, -0.15) is 0 Å². The molecule has 0 saturated carbocycles. The van der Waals surface area contributed by atoms with E-state index in [-0.39, 0.29) is 27.6 Å². The summed E-state index contributed by atoms with van der Waals surface area (Å²) in [6, 6.07) is 8.48. The van der Waals surface area contributed by atoms with E-state index in [4.69, 9.17) is 33.0 Å². The summed E-state index contributed by atoms with van der Waals surface area (Å²) in [5.74, 6) is -2.58. The Morgan fingerprint density at radius 1 is 1.15 bits per heavy atom. The number of methoxy groups -OCH3 is 1. The summed E-state index contributed by atoms with van der Waals surface area (Å²) in [5.41, 5.74) is 0.529. The summed E-state index contributed by atoms with van der Waals surface area (Å²) in [4.78, 5) is 35.7. The van der Waals surface area contributed by atoms with Crippen LogP contribution in [0.25, 0.3) is 0 Å². The Morgan fingerprint density at radius 3 is 2.19 bits per heavy atom. The highest BCUT2D eigenvalue weighted by Gasteiger charge is 2.25. The summed E-state index contributed by atoms with van der Waals surface area (Å²) in [5, 5.41) is 11.3. The van der Waals surface area contributed by atoms with Crippen LogP contribution in [-0.2, 0) is 16.0 Å². The van der Waals surface area contributed by atoms with Crippen LogP contribution in [0, 0.1) is 0 Å². The molecule has 1 amide bonds. The highest BCUT2D eigenvalue weighted by molar-refractivity contribution is 9.10. The Hall–Kier alpha value is -2.09. The van der Waals surface area contributed by atoms with Crippen molar-refractivity contribution in [3.05, 3.63) is 67.6 Å². The first-order valence-corrected chi connectivity index (χ1v) is 9.13. The highest BCUT2D eigenvalue weighted by Crippen LogP contribution is 2.27. The molecule has 0 radical (unpaired) electrons. The fraction of sp³-hybridized carbons (Fsp3) is 0.167. The molecule has 2 aromatic rings. The van der Waals surface area contributed by atoms with Crippen molar-refractivity contribution in [3.8, 4) is 0 Å². The SMILES string of the molecule is COC(=O)C(Cc1ccc(Br)cc1)NC(=O)c1c(Cl)cc(C(=O)O)cc1Cl. The maximum Gasteiger partial charge on any atom is 0.335 e. The number of hydrogen-bond donors (Lipinski definition) is 2. The van der Waals surface area contributed by atoms with Gasteiger partial charge in [0.05, 0.1) is 28.3 Å². The summed E-state index contributed by atoms with van der Waals surface area (Å²) < 4.78 is 5.63. The van der Waals surface area contributed by atoms with Crippen LogP contribution < -0.4 is 5.32 Å². The third-order valence-corrected chi connectivity index (χ3v) is 4.79. The predicted octanol–water partition coefficient (Wildman–Crippen LogP) is 3.97. The lowest BCUT2D eigenvalue weighted by Crippen LogP contribution is -2.43. The number of carboxylic acid groups (broad SMARTS) is 1. The molecule has 9 heteroatoms. The molecular formula is C18H14BrCl2NO5. The number of carbonyl (C=O) groups excluding carboxylic acids is 2. The second-order valence-electron chi connectivity index (χ2n) is 5.50. The van der Waals surface area contributed by atoms with E-state index in [9.17, 15) is 14.4 Å². The summed E-state index contributed by atoms with van der Waals surface area (Å²) in [6.45, 7) is 0. The maximum atomic E-state index is 12.6. The van der Waals surface area contributed by atoms with Gasteiger partial charge in [-0.05, 0) is 29.8 Å². The molecule has 1 unspecified atom stereocenters. The van der Waals surface area contributed by atoms with Crippen LogP contribution >= 0.6 is 39.1 Å². The fourth-order valence-electron chi connectivity index (χ4n) is 2.34. The molecular weight excluding hydrogens is 461 g/mol. The number of rotatable bonds is 6. The van der Waals surface area contributed by atoms with E-state index >= 15 is 0 Å². The Morgan fingerprint density at radius 2 is 1.70 bits per heavy atom. The number of esters is 1. The molecule has 0 aromatic heterocycles. The van der Waals surface area contributed by atoms with Crippen molar-refractivity contribution in [3.63, 3.8) is 0 Å². The van der Waals surface area contributed by atoms with Gasteiger partial charge in [-0.3, -0.25) is 4.79 Å². The zero-order chi connectivity index (χ0) is 20.1. The Balaban J connectivity index is 2.27. The van der Waals surface area contributed by atoms with Gasteiger partial charge in [0.2, 0.25) is 0 Å². The lowest BCUT2D eigenvalue weighted by atomic mass is 10.0. The molecule has 2 rings (SSSR count). The normalized spacial score (nSPS) is 11.6. The van der Waals surface area contributed by atoms with E-state index < -0.39 is 23.9 Å². The van der Waals surface area contributed by atoms with E-state index in [1.54, 1.807) is 12.1 Å². The monoisotopic (exact) mass is 473 g/mol. The fourth-order valence-corrected chi connectivity index (χ4v) is 3.26. The standard InChI is InChI=1S/C18H14BrCl2NO5/c1-27-18(26)14(6-9-2-4-11(19)5-3-9)22-16(23)15-12(20)7-10(17(24)25)8-13(15)21/h2-5,7-8,14H,6H2,1H3,(H,22,23)(H,24,25). The third-order valence-electron chi connectivity index (χ3n) is 3.66. The average molecular weight is 475 g/mol. The van der Waals surface area contributed by atoms with Gasteiger partial charge in [-0.1, -0.05) is 51.3 Å². The molecule has 0 spiro atoms. The van der Waals surface area contributed by atoms with E-state index in [2.05, 4.69) is 21.2 Å². The molecule has 6 nitrogen and oxygen atoms in total. The molecule has 142 valence electrons. The number of ether oxygens (including phenoxy) is 1. The van der Waals surface area contributed by atoms with Crippen molar-refractivity contribution in [2.75, 3.05) is 7.11 Å². The van der Waals surface area contributed by atoms with Gasteiger partial charge in [0.25, 0.3) is 5.91 Å². The number of benzene rings is 2. The van der Waals surface area contributed by atoms with Gasteiger partial charge in [-0.15, -0.1) is 0 Å². The average Bonchev–Trinajstić information content (AvgIpc) is 2.61. The molecule has 0 aliphatic carbocycles. The minimum absolute atomic E-state index is 0.118. The Labute approximate surface area is 173 Å². The number of nitrogens with one attached hydrogen (secondary N) is 1. The number of hydrogen-bond acceptors (Lipinski definition) is 4. The quantitative estimate of drug-likeness (QED) is 0.618. The number of carbonyl (C=O) groups is 3. The molecule has 0 saturated heterocycles. The Bertz CT molecular complexity index is 863.